The zero-order chi connectivity index (χ0) is 14.5. The van der Waals surface area contributed by atoms with Crippen LogP contribution in [0.5, 0.6) is 0 Å². The molecular formula is C14H20N4OS. The molecule has 6 heteroatoms. The van der Waals surface area contributed by atoms with Crippen molar-refractivity contribution in [2.45, 2.75) is 45.1 Å². The molecule has 0 radical (unpaired) electrons. The second-order valence-corrected chi connectivity index (χ2v) is 5.77. The van der Waals surface area contributed by atoms with Gasteiger partial charge in [-0.3, -0.25) is 9.78 Å². The van der Waals surface area contributed by atoms with Crippen LogP contribution in [0.2, 0.25) is 0 Å². The first-order valence-electron chi connectivity index (χ1n) is 6.97. The van der Waals surface area contributed by atoms with Crippen LogP contribution in [0.1, 0.15) is 48.3 Å². The van der Waals surface area contributed by atoms with Gasteiger partial charge in [0.1, 0.15) is 5.69 Å². The topological polar surface area (TPSA) is 80.9 Å². The normalized spacial score (nSPS) is 17.4. The van der Waals surface area contributed by atoms with Crippen molar-refractivity contribution in [1.82, 2.24) is 15.3 Å². The van der Waals surface area contributed by atoms with Crippen molar-refractivity contribution in [2.75, 3.05) is 0 Å². The van der Waals surface area contributed by atoms with Crippen LogP contribution in [0.25, 0.3) is 0 Å². The molecule has 1 heterocycles. The van der Waals surface area contributed by atoms with Gasteiger partial charge in [0.05, 0.1) is 22.9 Å². The molecule has 1 aliphatic carbocycles. The number of hydrogen-bond donors (Lipinski definition) is 2. The molecule has 1 aromatic heterocycles. The van der Waals surface area contributed by atoms with Crippen LogP contribution in [0.15, 0.2) is 12.4 Å². The number of rotatable bonds is 4. The smallest absolute Gasteiger partial charge is 0.272 e. The van der Waals surface area contributed by atoms with Crippen LogP contribution < -0.4 is 11.1 Å². The van der Waals surface area contributed by atoms with E-state index in [2.05, 4.69) is 15.3 Å². The Balaban J connectivity index is 2.05. The van der Waals surface area contributed by atoms with Crippen LogP contribution in [-0.2, 0) is 0 Å². The van der Waals surface area contributed by atoms with Gasteiger partial charge in [0, 0.05) is 6.20 Å². The molecule has 0 bridgehead atoms. The van der Waals surface area contributed by atoms with Gasteiger partial charge in [-0.25, -0.2) is 4.98 Å². The van der Waals surface area contributed by atoms with Gasteiger partial charge in [-0.2, -0.15) is 0 Å². The van der Waals surface area contributed by atoms with Crippen molar-refractivity contribution in [1.29, 1.82) is 0 Å². The number of nitrogens with one attached hydrogen (secondary N) is 1. The molecule has 3 N–H and O–H groups in total. The minimum Gasteiger partial charge on any atom is -0.392 e. The highest BCUT2D eigenvalue weighted by Gasteiger charge is 2.27. The first kappa shape index (κ1) is 14.8. The Morgan fingerprint density at radius 1 is 1.35 bits per heavy atom. The molecule has 108 valence electrons. The molecule has 1 saturated carbocycles. The number of carbonyl (C=O) groups excluding carboxylic acids is 1. The fraction of sp³-hybridized carbons (Fsp3) is 0.571. The van der Waals surface area contributed by atoms with Gasteiger partial charge in [-0.05, 0) is 25.7 Å². The molecule has 0 aliphatic heterocycles. The van der Waals surface area contributed by atoms with E-state index in [0.717, 1.165) is 18.5 Å². The Labute approximate surface area is 124 Å². The highest BCUT2D eigenvalue weighted by Crippen LogP contribution is 2.26. The summed E-state index contributed by atoms with van der Waals surface area (Å²) in [6.45, 7) is 1.83. The minimum absolute atomic E-state index is 0.249. The number of nitrogens with two attached hydrogens (primary N) is 1. The summed E-state index contributed by atoms with van der Waals surface area (Å²) >= 11 is 5.11. The monoisotopic (exact) mass is 292 g/mol. The summed E-state index contributed by atoms with van der Waals surface area (Å²) < 4.78 is 0. The number of thiocarbonyl (C=S) groups is 1. The fourth-order valence-electron chi connectivity index (χ4n) is 2.61. The van der Waals surface area contributed by atoms with Gasteiger partial charge in [0.25, 0.3) is 5.91 Å². The molecule has 20 heavy (non-hydrogen) atoms. The third kappa shape index (κ3) is 3.72. The number of hydrogen-bond acceptors (Lipinski definition) is 4. The zero-order valence-electron chi connectivity index (χ0n) is 11.6. The Kier molecular flexibility index (Phi) is 5.00. The molecule has 0 spiro atoms. The van der Waals surface area contributed by atoms with Crippen molar-refractivity contribution in [2.24, 2.45) is 11.7 Å². The first-order chi connectivity index (χ1) is 9.58. The summed E-state index contributed by atoms with van der Waals surface area (Å²) in [5, 5.41) is 2.91. The average molecular weight is 292 g/mol. The van der Waals surface area contributed by atoms with Gasteiger partial charge in [0.15, 0.2) is 0 Å². The number of aromatic nitrogens is 2. The van der Waals surface area contributed by atoms with Crippen LogP contribution in [0, 0.1) is 12.8 Å². The van der Waals surface area contributed by atoms with Gasteiger partial charge >= 0.3 is 0 Å². The molecule has 1 fully saturated rings. The minimum atomic E-state index is -0.263. The van der Waals surface area contributed by atoms with Crippen LogP contribution in [-0.4, -0.2) is 26.9 Å². The summed E-state index contributed by atoms with van der Waals surface area (Å²) in [5.41, 5.74) is 6.87. The number of amides is 1. The molecule has 5 nitrogen and oxygen atoms in total. The maximum atomic E-state index is 12.2. The highest BCUT2D eigenvalue weighted by atomic mass is 32.1. The van der Waals surface area contributed by atoms with E-state index in [-0.39, 0.29) is 11.9 Å². The molecule has 0 saturated heterocycles. The predicted octanol–water partition coefficient (Wildman–Crippen LogP) is 1.75. The predicted molar refractivity (Wildman–Crippen MR) is 81.4 cm³/mol. The third-order valence-corrected chi connectivity index (χ3v) is 3.98. The van der Waals surface area contributed by atoms with E-state index in [1.807, 2.05) is 6.92 Å². The molecule has 1 amide bonds. The quantitative estimate of drug-likeness (QED) is 0.826. The van der Waals surface area contributed by atoms with Gasteiger partial charge < -0.3 is 11.1 Å². The van der Waals surface area contributed by atoms with Crippen molar-refractivity contribution in [3.05, 3.63) is 23.8 Å². The van der Waals surface area contributed by atoms with Crippen molar-refractivity contribution >= 4 is 23.1 Å². The van der Waals surface area contributed by atoms with Gasteiger partial charge in [-0.1, -0.05) is 31.5 Å². The average Bonchev–Trinajstić information content (AvgIpc) is 2.46. The Morgan fingerprint density at radius 3 is 2.60 bits per heavy atom. The van der Waals surface area contributed by atoms with Crippen molar-refractivity contribution in [3.63, 3.8) is 0 Å². The molecule has 2 rings (SSSR count). The molecule has 1 aliphatic rings. The first-order valence-corrected chi connectivity index (χ1v) is 7.37. The second-order valence-electron chi connectivity index (χ2n) is 5.29. The standard InChI is InChI=1S/C14H20N4OS/c1-9-7-17-11(8-16-9)14(19)18-12(13(15)20)10-5-3-2-4-6-10/h7-8,10,12H,2-6H2,1H3,(H2,15,20)(H,18,19). The SMILES string of the molecule is Cc1cnc(C(=O)NC(C(N)=S)C2CCCCC2)cn1. The lowest BCUT2D eigenvalue weighted by Gasteiger charge is -2.30. The molecule has 1 unspecified atom stereocenters. The lowest BCUT2D eigenvalue weighted by Crippen LogP contribution is -2.49. The Morgan fingerprint density at radius 2 is 2.05 bits per heavy atom. The van der Waals surface area contributed by atoms with Crippen LogP contribution in [0.4, 0.5) is 0 Å². The molecule has 1 aromatic rings. The van der Waals surface area contributed by atoms with Crippen molar-refractivity contribution < 1.29 is 4.79 Å². The lowest BCUT2D eigenvalue weighted by atomic mass is 9.84. The van der Waals surface area contributed by atoms with E-state index in [9.17, 15) is 4.79 Å². The van der Waals surface area contributed by atoms with Gasteiger partial charge in [-0.15, -0.1) is 0 Å². The third-order valence-electron chi connectivity index (χ3n) is 3.73. The Bertz CT molecular complexity index is 482. The fourth-order valence-corrected chi connectivity index (χ4v) is 2.87. The van der Waals surface area contributed by atoms with E-state index < -0.39 is 0 Å². The Hall–Kier alpha value is -1.56. The van der Waals surface area contributed by atoms with E-state index in [4.69, 9.17) is 18.0 Å². The number of carbonyl (C=O) groups is 1. The van der Waals surface area contributed by atoms with Crippen LogP contribution >= 0.6 is 12.2 Å². The lowest BCUT2D eigenvalue weighted by molar-refractivity contribution is 0.0926. The number of nitrogens with zero attached hydrogens (tertiary/aromatic N) is 2. The summed E-state index contributed by atoms with van der Waals surface area (Å²) in [4.78, 5) is 20.7. The van der Waals surface area contributed by atoms with Crippen molar-refractivity contribution in [3.8, 4) is 0 Å². The second kappa shape index (κ2) is 6.74. The zero-order valence-corrected chi connectivity index (χ0v) is 12.4. The van der Waals surface area contributed by atoms with E-state index in [1.54, 1.807) is 6.20 Å². The molecule has 1 atom stereocenters. The maximum Gasteiger partial charge on any atom is 0.272 e. The van der Waals surface area contributed by atoms with Crippen LogP contribution in [0.3, 0.4) is 0 Å². The number of aryl methyl sites for hydroxylation is 1. The molecule has 0 aromatic carbocycles. The maximum absolute atomic E-state index is 12.2. The summed E-state index contributed by atoms with van der Waals surface area (Å²) in [6, 6.07) is -0.249. The van der Waals surface area contributed by atoms with E-state index in [1.165, 1.54) is 25.5 Å². The van der Waals surface area contributed by atoms with Gasteiger partial charge in [0.2, 0.25) is 0 Å². The molecular weight excluding hydrogens is 272 g/mol. The summed E-state index contributed by atoms with van der Waals surface area (Å²) in [5.74, 6) is 0.0736. The highest BCUT2D eigenvalue weighted by molar-refractivity contribution is 7.80. The summed E-state index contributed by atoms with van der Waals surface area (Å²) in [6.07, 6.45) is 8.75. The largest absolute Gasteiger partial charge is 0.392 e. The van der Waals surface area contributed by atoms with E-state index >= 15 is 0 Å². The van der Waals surface area contributed by atoms with E-state index in [0.29, 0.717) is 16.6 Å². The summed E-state index contributed by atoms with van der Waals surface area (Å²) in [7, 11) is 0.